The SMILES string of the molecule is C[C@]1(O)C(O)[C@@H](CO)O[C@H]1n1ncc(=O)[nH]c1=O. The van der Waals surface area contributed by atoms with Gasteiger partial charge in [0.05, 0.1) is 6.61 Å². The highest BCUT2D eigenvalue weighted by Gasteiger charge is 2.53. The molecule has 0 aromatic carbocycles. The van der Waals surface area contributed by atoms with Crippen LogP contribution in [-0.2, 0) is 4.74 Å². The van der Waals surface area contributed by atoms with Crippen LogP contribution < -0.4 is 11.2 Å². The van der Waals surface area contributed by atoms with E-state index >= 15 is 0 Å². The molecule has 0 bridgehead atoms. The van der Waals surface area contributed by atoms with Gasteiger partial charge in [0.25, 0.3) is 5.56 Å². The molecule has 1 fully saturated rings. The molecular formula is C9H13N3O6. The number of aliphatic hydroxyl groups excluding tert-OH is 2. The Morgan fingerprint density at radius 2 is 2.28 bits per heavy atom. The standard InChI is InChI=1S/C9H13N3O6/c1-9(17)6(15)4(3-13)18-7(9)12-8(16)11-5(14)2-10-12/h2,4,6-7,13,15,17H,3H2,1H3,(H,11,14,16)/t4-,6?,7-,9+/m1/s1. The van der Waals surface area contributed by atoms with Gasteiger partial charge >= 0.3 is 5.69 Å². The van der Waals surface area contributed by atoms with Crippen molar-refractivity contribution in [2.24, 2.45) is 0 Å². The van der Waals surface area contributed by atoms with E-state index in [1.54, 1.807) is 0 Å². The molecule has 2 rings (SSSR count). The Balaban J connectivity index is 2.45. The lowest BCUT2D eigenvalue weighted by Gasteiger charge is -2.26. The first-order valence-electron chi connectivity index (χ1n) is 5.23. The number of nitrogens with one attached hydrogen (secondary N) is 1. The molecule has 1 aliphatic rings. The molecule has 100 valence electrons. The third kappa shape index (κ3) is 1.86. The zero-order chi connectivity index (χ0) is 13.5. The van der Waals surface area contributed by atoms with Gasteiger partial charge in [0.15, 0.2) is 6.23 Å². The molecule has 2 heterocycles. The lowest BCUT2D eigenvalue weighted by Crippen LogP contribution is -2.47. The molecule has 1 aliphatic heterocycles. The first kappa shape index (κ1) is 12.9. The fourth-order valence-electron chi connectivity index (χ4n) is 1.88. The van der Waals surface area contributed by atoms with Crippen LogP contribution in [0.1, 0.15) is 13.2 Å². The molecule has 18 heavy (non-hydrogen) atoms. The summed E-state index contributed by atoms with van der Waals surface area (Å²) in [4.78, 5) is 24.4. The Hall–Kier alpha value is -1.55. The van der Waals surface area contributed by atoms with E-state index in [4.69, 9.17) is 9.84 Å². The monoisotopic (exact) mass is 259 g/mol. The van der Waals surface area contributed by atoms with Crippen molar-refractivity contribution in [1.82, 2.24) is 14.8 Å². The first-order chi connectivity index (χ1) is 8.37. The van der Waals surface area contributed by atoms with Crippen molar-refractivity contribution in [3.05, 3.63) is 27.0 Å². The number of hydrogen-bond acceptors (Lipinski definition) is 7. The highest BCUT2D eigenvalue weighted by Crippen LogP contribution is 2.36. The van der Waals surface area contributed by atoms with Gasteiger partial charge in [-0.1, -0.05) is 0 Å². The van der Waals surface area contributed by atoms with Crippen LogP contribution in [0.5, 0.6) is 0 Å². The van der Waals surface area contributed by atoms with Crippen LogP contribution in [0.2, 0.25) is 0 Å². The van der Waals surface area contributed by atoms with E-state index in [0.29, 0.717) is 4.68 Å². The summed E-state index contributed by atoms with van der Waals surface area (Å²) in [5, 5.41) is 32.4. The molecule has 0 spiro atoms. The summed E-state index contributed by atoms with van der Waals surface area (Å²) in [6, 6.07) is 0. The van der Waals surface area contributed by atoms with E-state index in [9.17, 15) is 19.8 Å². The predicted molar refractivity (Wildman–Crippen MR) is 56.7 cm³/mol. The predicted octanol–water partition coefficient (Wildman–Crippen LogP) is -3.07. The molecule has 0 saturated carbocycles. The number of aromatic nitrogens is 3. The van der Waals surface area contributed by atoms with Crippen molar-refractivity contribution in [3.63, 3.8) is 0 Å². The molecule has 4 atom stereocenters. The summed E-state index contributed by atoms with van der Waals surface area (Å²) in [6.07, 6.45) is -2.87. The van der Waals surface area contributed by atoms with E-state index in [2.05, 4.69) is 5.10 Å². The maximum Gasteiger partial charge on any atom is 0.347 e. The van der Waals surface area contributed by atoms with Crippen LogP contribution in [0, 0.1) is 0 Å². The molecule has 0 aliphatic carbocycles. The Morgan fingerprint density at radius 3 is 2.78 bits per heavy atom. The Bertz CT molecular complexity index is 550. The number of aliphatic hydroxyl groups is 3. The van der Waals surface area contributed by atoms with Gasteiger partial charge in [-0.2, -0.15) is 9.78 Å². The second-order valence-corrected chi connectivity index (χ2v) is 4.26. The van der Waals surface area contributed by atoms with E-state index in [1.807, 2.05) is 4.98 Å². The van der Waals surface area contributed by atoms with Gasteiger partial charge in [0.1, 0.15) is 24.0 Å². The minimum atomic E-state index is -1.82. The van der Waals surface area contributed by atoms with Crippen LogP contribution in [-0.4, -0.2) is 54.5 Å². The lowest BCUT2D eigenvalue weighted by atomic mass is 9.97. The molecule has 0 radical (unpaired) electrons. The second kappa shape index (κ2) is 4.28. The zero-order valence-corrected chi connectivity index (χ0v) is 9.48. The van der Waals surface area contributed by atoms with Crippen LogP contribution in [0.25, 0.3) is 0 Å². The summed E-state index contributed by atoms with van der Waals surface area (Å²) in [5.74, 6) is 0. The number of ether oxygens (including phenoxy) is 1. The minimum absolute atomic E-state index is 0.522. The van der Waals surface area contributed by atoms with E-state index in [-0.39, 0.29) is 0 Å². The summed E-state index contributed by atoms with van der Waals surface area (Å²) in [6.45, 7) is 0.725. The third-order valence-corrected chi connectivity index (χ3v) is 2.89. The topological polar surface area (TPSA) is 138 Å². The maximum atomic E-state index is 11.5. The van der Waals surface area contributed by atoms with Gasteiger partial charge in [-0.3, -0.25) is 9.78 Å². The highest BCUT2D eigenvalue weighted by atomic mass is 16.6. The van der Waals surface area contributed by atoms with Crippen LogP contribution in [0.4, 0.5) is 0 Å². The van der Waals surface area contributed by atoms with Gasteiger partial charge in [-0.15, -0.1) is 0 Å². The zero-order valence-electron chi connectivity index (χ0n) is 9.48. The first-order valence-corrected chi connectivity index (χ1v) is 5.23. The van der Waals surface area contributed by atoms with E-state index in [0.717, 1.165) is 6.20 Å². The number of hydrogen-bond donors (Lipinski definition) is 4. The third-order valence-electron chi connectivity index (χ3n) is 2.89. The van der Waals surface area contributed by atoms with Gasteiger partial charge in [-0.05, 0) is 6.92 Å². The molecule has 9 heteroatoms. The Kier molecular flexibility index (Phi) is 3.07. The summed E-state index contributed by atoms with van der Waals surface area (Å²) < 4.78 is 5.88. The molecule has 1 unspecified atom stereocenters. The average molecular weight is 259 g/mol. The van der Waals surface area contributed by atoms with Gasteiger partial charge in [0, 0.05) is 0 Å². The van der Waals surface area contributed by atoms with Gasteiger partial charge in [0.2, 0.25) is 0 Å². The van der Waals surface area contributed by atoms with Crippen molar-refractivity contribution in [2.45, 2.75) is 31.0 Å². The molecule has 9 nitrogen and oxygen atoms in total. The van der Waals surface area contributed by atoms with Crippen molar-refractivity contribution in [2.75, 3.05) is 6.61 Å². The van der Waals surface area contributed by atoms with Gasteiger partial charge < -0.3 is 20.1 Å². The quantitative estimate of drug-likeness (QED) is 0.442. The smallest absolute Gasteiger partial charge is 0.347 e. The Labute approximate surface area is 100 Å². The fourth-order valence-corrected chi connectivity index (χ4v) is 1.88. The maximum absolute atomic E-state index is 11.5. The largest absolute Gasteiger partial charge is 0.394 e. The number of H-pyrrole nitrogens is 1. The number of rotatable bonds is 2. The van der Waals surface area contributed by atoms with Crippen molar-refractivity contribution in [1.29, 1.82) is 0 Å². The molecule has 4 N–H and O–H groups in total. The number of nitrogens with zero attached hydrogens (tertiary/aromatic N) is 2. The van der Waals surface area contributed by atoms with Crippen LogP contribution in [0.15, 0.2) is 15.8 Å². The summed E-state index contributed by atoms with van der Waals surface area (Å²) in [7, 11) is 0. The average Bonchev–Trinajstić information content (AvgIpc) is 2.52. The highest BCUT2D eigenvalue weighted by molar-refractivity contribution is 4.98. The normalized spacial score (nSPS) is 35.9. The van der Waals surface area contributed by atoms with Gasteiger partial charge in [-0.25, -0.2) is 4.79 Å². The van der Waals surface area contributed by atoms with Crippen molar-refractivity contribution in [3.8, 4) is 0 Å². The van der Waals surface area contributed by atoms with E-state index < -0.39 is 41.9 Å². The molecule has 1 aromatic rings. The molecule has 1 saturated heterocycles. The van der Waals surface area contributed by atoms with E-state index in [1.165, 1.54) is 6.92 Å². The molecule has 1 aromatic heterocycles. The number of aromatic amines is 1. The van der Waals surface area contributed by atoms with Crippen LogP contribution >= 0.6 is 0 Å². The summed E-state index contributed by atoms with van der Waals surface area (Å²) >= 11 is 0. The lowest BCUT2D eigenvalue weighted by molar-refractivity contribution is -0.105. The van der Waals surface area contributed by atoms with Crippen LogP contribution in [0.3, 0.4) is 0 Å². The van der Waals surface area contributed by atoms with Crippen molar-refractivity contribution < 1.29 is 20.1 Å². The second-order valence-electron chi connectivity index (χ2n) is 4.26. The molecular weight excluding hydrogens is 246 g/mol. The summed E-state index contributed by atoms with van der Waals surface area (Å²) in [5.41, 5.74) is -3.38. The minimum Gasteiger partial charge on any atom is -0.394 e. The Morgan fingerprint density at radius 1 is 1.61 bits per heavy atom. The molecule has 0 amide bonds. The fraction of sp³-hybridized carbons (Fsp3) is 0.667. The van der Waals surface area contributed by atoms with Crippen molar-refractivity contribution >= 4 is 0 Å².